The lowest BCUT2D eigenvalue weighted by Crippen LogP contribution is -2.34. The van der Waals surface area contributed by atoms with E-state index in [2.05, 4.69) is 0 Å². The van der Waals surface area contributed by atoms with Crippen LogP contribution in [0.2, 0.25) is 0 Å². The Morgan fingerprint density at radius 2 is 1.39 bits per heavy atom. The highest BCUT2D eigenvalue weighted by molar-refractivity contribution is 8.56. The van der Waals surface area contributed by atoms with Gasteiger partial charge in [-0.1, -0.05) is 60.7 Å². The maximum Gasteiger partial charge on any atom is 0.390 e. The molecule has 0 aliphatic heterocycles. The first-order chi connectivity index (χ1) is 13.1. The van der Waals surface area contributed by atoms with E-state index >= 15 is 0 Å². The number of benzene rings is 2. The van der Waals surface area contributed by atoms with Crippen LogP contribution in [0.25, 0.3) is 0 Å². The summed E-state index contributed by atoms with van der Waals surface area (Å²) in [5.74, 6) is -0.0955. The minimum atomic E-state index is -3.57. The Balaban J connectivity index is 2.44. The molecule has 4 nitrogen and oxygen atoms in total. The number of hydrogen-bond donors (Lipinski definition) is 0. The van der Waals surface area contributed by atoms with Gasteiger partial charge in [-0.05, 0) is 58.0 Å². The van der Waals surface area contributed by atoms with Crippen molar-refractivity contribution in [3.8, 4) is 0 Å². The second kappa shape index (κ2) is 9.89. The first-order valence-electron chi connectivity index (χ1n) is 9.45. The van der Waals surface area contributed by atoms with E-state index in [1.807, 2.05) is 83.1 Å². The largest absolute Gasteiger partial charge is 0.390 e. The standard InChI is InChI=1S/C22H29O4PS/c1-17(2)25-27(24,26-18(3)4)28-22(5,16-19-12-8-6-9-13-19)21(23)20-14-10-7-11-15-20/h6-15,17-18H,16H2,1-5H3. The molecule has 1 atom stereocenters. The molecular formula is C22H29O4PS. The summed E-state index contributed by atoms with van der Waals surface area (Å²) >= 11 is 1.01. The van der Waals surface area contributed by atoms with Gasteiger partial charge < -0.3 is 0 Å². The molecule has 0 aliphatic rings. The number of carbonyl (C=O) groups is 1. The molecule has 2 aromatic carbocycles. The molecule has 1 unspecified atom stereocenters. The third kappa shape index (κ3) is 6.59. The minimum Gasteiger partial charge on any atom is -0.298 e. The zero-order valence-corrected chi connectivity index (χ0v) is 18.8. The van der Waals surface area contributed by atoms with E-state index in [9.17, 15) is 9.36 Å². The Hall–Kier alpha value is -1.39. The smallest absolute Gasteiger partial charge is 0.298 e. The van der Waals surface area contributed by atoms with Crippen LogP contribution in [0.3, 0.4) is 0 Å². The molecular weight excluding hydrogens is 391 g/mol. The van der Waals surface area contributed by atoms with Crippen LogP contribution in [0.4, 0.5) is 0 Å². The Bertz CT molecular complexity index is 794. The second-order valence-corrected chi connectivity index (χ2v) is 11.7. The van der Waals surface area contributed by atoms with Crippen LogP contribution in [0.5, 0.6) is 0 Å². The van der Waals surface area contributed by atoms with Gasteiger partial charge in [-0.15, -0.1) is 0 Å². The molecule has 2 rings (SSSR count). The van der Waals surface area contributed by atoms with E-state index in [0.717, 1.165) is 16.9 Å². The van der Waals surface area contributed by atoms with Gasteiger partial charge in [-0.25, -0.2) is 4.57 Å². The lowest BCUT2D eigenvalue weighted by atomic mass is 9.92. The number of hydrogen-bond acceptors (Lipinski definition) is 5. The van der Waals surface area contributed by atoms with E-state index in [1.54, 1.807) is 12.1 Å². The Labute approximate surface area is 172 Å². The van der Waals surface area contributed by atoms with Gasteiger partial charge in [0.25, 0.3) is 0 Å². The lowest BCUT2D eigenvalue weighted by molar-refractivity contribution is 0.0948. The van der Waals surface area contributed by atoms with Crippen molar-refractivity contribution >= 4 is 24.0 Å². The number of carbonyl (C=O) groups excluding carboxylic acids is 1. The number of ketones is 1. The zero-order chi connectivity index (χ0) is 20.8. The van der Waals surface area contributed by atoms with Crippen LogP contribution in [0.15, 0.2) is 60.7 Å². The summed E-state index contributed by atoms with van der Waals surface area (Å²) in [5.41, 5.74) is 1.57. The van der Waals surface area contributed by atoms with Crippen molar-refractivity contribution in [2.24, 2.45) is 0 Å². The van der Waals surface area contributed by atoms with Crippen LogP contribution in [-0.2, 0) is 20.0 Å². The van der Waals surface area contributed by atoms with Crippen molar-refractivity contribution < 1.29 is 18.4 Å². The molecule has 0 saturated carbocycles. The van der Waals surface area contributed by atoms with E-state index in [-0.39, 0.29) is 18.0 Å². The Kier molecular flexibility index (Phi) is 8.08. The SMILES string of the molecule is CC(C)OP(=O)(OC(C)C)SC(C)(Cc1ccccc1)C(=O)c1ccccc1. The van der Waals surface area contributed by atoms with E-state index in [4.69, 9.17) is 9.05 Å². The van der Waals surface area contributed by atoms with Crippen molar-refractivity contribution in [2.75, 3.05) is 0 Å². The normalized spacial score (nSPS) is 14.2. The molecule has 0 aromatic heterocycles. The van der Waals surface area contributed by atoms with Crippen LogP contribution >= 0.6 is 18.2 Å². The fourth-order valence-electron chi connectivity index (χ4n) is 2.87. The molecule has 0 radical (unpaired) electrons. The van der Waals surface area contributed by atoms with Gasteiger partial charge in [-0.3, -0.25) is 13.8 Å². The molecule has 2 aromatic rings. The van der Waals surface area contributed by atoms with Crippen molar-refractivity contribution in [1.29, 1.82) is 0 Å². The van der Waals surface area contributed by atoms with Gasteiger partial charge in [0.2, 0.25) is 0 Å². The van der Waals surface area contributed by atoms with Crippen LogP contribution in [0.1, 0.15) is 50.5 Å². The highest BCUT2D eigenvalue weighted by Crippen LogP contribution is 2.67. The van der Waals surface area contributed by atoms with Gasteiger partial charge >= 0.3 is 6.80 Å². The van der Waals surface area contributed by atoms with Crippen molar-refractivity contribution in [3.05, 3.63) is 71.8 Å². The number of Topliss-reactive ketones (excluding diaryl/α,β-unsaturated/α-hetero) is 1. The summed E-state index contributed by atoms with van der Waals surface area (Å²) in [6.07, 6.45) is -0.158. The van der Waals surface area contributed by atoms with Gasteiger partial charge in [0.15, 0.2) is 5.78 Å². The van der Waals surface area contributed by atoms with E-state index < -0.39 is 11.5 Å². The van der Waals surface area contributed by atoms with Crippen LogP contribution < -0.4 is 0 Å². The summed E-state index contributed by atoms with van der Waals surface area (Å²) in [6, 6.07) is 18.8. The predicted molar refractivity (Wildman–Crippen MR) is 117 cm³/mol. The fraction of sp³-hybridized carbons (Fsp3) is 0.409. The maximum absolute atomic E-state index is 13.5. The maximum atomic E-state index is 13.5. The molecule has 0 N–H and O–H groups in total. The Morgan fingerprint density at radius 3 is 1.86 bits per heavy atom. The van der Waals surface area contributed by atoms with Crippen molar-refractivity contribution in [2.45, 2.75) is 58.0 Å². The third-order valence-electron chi connectivity index (χ3n) is 3.89. The van der Waals surface area contributed by atoms with Crippen molar-refractivity contribution in [1.82, 2.24) is 0 Å². The summed E-state index contributed by atoms with van der Waals surface area (Å²) in [4.78, 5) is 13.5. The zero-order valence-electron chi connectivity index (χ0n) is 17.1. The quantitative estimate of drug-likeness (QED) is 0.322. The third-order valence-corrected chi connectivity index (χ3v) is 8.61. The Morgan fingerprint density at radius 1 is 0.929 bits per heavy atom. The summed E-state index contributed by atoms with van der Waals surface area (Å²) < 4.78 is 24.0. The molecule has 0 saturated heterocycles. The molecule has 0 spiro atoms. The van der Waals surface area contributed by atoms with Gasteiger partial charge in [0.05, 0.1) is 17.0 Å². The molecule has 0 aliphatic carbocycles. The fourth-order valence-corrected chi connectivity index (χ4v) is 8.17. The molecule has 152 valence electrons. The summed E-state index contributed by atoms with van der Waals surface area (Å²) in [7, 11) is 0. The number of rotatable bonds is 10. The summed E-state index contributed by atoms with van der Waals surface area (Å²) in [5, 5.41) is 0. The molecule has 0 heterocycles. The average molecular weight is 421 g/mol. The molecule has 0 fully saturated rings. The molecule has 28 heavy (non-hydrogen) atoms. The van der Waals surface area contributed by atoms with E-state index in [0.29, 0.717) is 12.0 Å². The minimum absolute atomic E-state index is 0.0955. The lowest BCUT2D eigenvalue weighted by Gasteiger charge is -2.32. The first kappa shape index (κ1) is 22.9. The van der Waals surface area contributed by atoms with Gasteiger partial charge in [0.1, 0.15) is 0 Å². The van der Waals surface area contributed by atoms with Gasteiger partial charge in [0, 0.05) is 5.56 Å². The highest BCUT2D eigenvalue weighted by Gasteiger charge is 2.44. The molecule has 0 bridgehead atoms. The molecule has 6 heteroatoms. The van der Waals surface area contributed by atoms with Crippen molar-refractivity contribution in [3.63, 3.8) is 0 Å². The van der Waals surface area contributed by atoms with Gasteiger partial charge in [-0.2, -0.15) is 0 Å². The summed E-state index contributed by atoms with van der Waals surface area (Å²) in [6.45, 7) is 5.49. The van der Waals surface area contributed by atoms with E-state index in [1.165, 1.54) is 0 Å². The van der Waals surface area contributed by atoms with Crippen LogP contribution in [-0.4, -0.2) is 22.7 Å². The average Bonchev–Trinajstić information content (AvgIpc) is 2.60. The first-order valence-corrected chi connectivity index (χ1v) is 12.4. The topological polar surface area (TPSA) is 52.6 Å². The second-order valence-electron chi connectivity index (χ2n) is 7.44. The predicted octanol–water partition coefficient (Wildman–Crippen LogP) is 6.56. The molecule has 0 amide bonds. The monoisotopic (exact) mass is 420 g/mol. The highest BCUT2D eigenvalue weighted by atomic mass is 32.7. The van der Waals surface area contributed by atoms with Crippen LogP contribution in [0, 0.1) is 0 Å².